The van der Waals surface area contributed by atoms with Crippen LogP contribution in [0.5, 0.6) is 0 Å². The molecule has 0 spiro atoms. The molecule has 0 amide bonds. The minimum absolute atomic E-state index is 0.390. The number of morpholine rings is 1. The number of hydrogen-bond acceptors (Lipinski definition) is 5. The molecule has 0 bridgehead atoms. The van der Waals surface area contributed by atoms with E-state index in [2.05, 4.69) is 15.2 Å². The summed E-state index contributed by atoms with van der Waals surface area (Å²) in [5.74, 6) is 0. The molecule has 1 aromatic rings. The van der Waals surface area contributed by atoms with Crippen LogP contribution >= 0.6 is 11.6 Å². The SMILES string of the molecule is O=Cc1cnc(Cl)cc1NCCCN1CCOCC1. The Morgan fingerprint density at radius 3 is 3.00 bits per heavy atom. The number of halogens is 1. The maximum Gasteiger partial charge on any atom is 0.153 e. The highest BCUT2D eigenvalue weighted by Gasteiger charge is 2.09. The van der Waals surface area contributed by atoms with Crippen LogP contribution in [0.1, 0.15) is 16.8 Å². The fourth-order valence-corrected chi connectivity index (χ4v) is 2.20. The Morgan fingerprint density at radius 2 is 2.26 bits per heavy atom. The van der Waals surface area contributed by atoms with Crippen LogP contribution in [0.2, 0.25) is 5.15 Å². The first-order valence-electron chi connectivity index (χ1n) is 6.44. The molecule has 2 rings (SSSR count). The number of aromatic nitrogens is 1. The third-order valence-corrected chi connectivity index (χ3v) is 3.31. The van der Waals surface area contributed by atoms with E-state index in [1.54, 1.807) is 6.07 Å². The van der Waals surface area contributed by atoms with E-state index >= 15 is 0 Å². The van der Waals surface area contributed by atoms with Crippen LogP contribution in [0.25, 0.3) is 0 Å². The van der Waals surface area contributed by atoms with Crippen molar-refractivity contribution in [3.63, 3.8) is 0 Å². The minimum Gasteiger partial charge on any atom is -0.384 e. The Bertz CT molecular complexity index is 422. The van der Waals surface area contributed by atoms with Gasteiger partial charge in [0.15, 0.2) is 6.29 Å². The predicted octanol–water partition coefficient (Wildman–Crippen LogP) is 1.68. The van der Waals surface area contributed by atoms with Crippen LogP contribution in [0.15, 0.2) is 12.3 Å². The summed E-state index contributed by atoms with van der Waals surface area (Å²) < 4.78 is 5.30. The zero-order valence-corrected chi connectivity index (χ0v) is 11.5. The van der Waals surface area contributed by atoms with Gasteiger partial charge in [0, 0.05) is 31.5 Å². The summed E-state index contributed by atoms with van der Waals surface area (Å²) in [4.78, 5) is 17.1. The quantitative estimate of drug-likeness (QED) is 0.489. The summed E-state index contributed by atoms with van der Waals surface area (Å²) in [7, 11) is 0. The van der Waals surface area contributed by atoms with Crippen molar-refractivity contribution in [3.05, 3.63) is 23.0 Å². The molecule has 0 saturated carbocycles. The molecule has 1 aromatic heterocycles. The van der Waals surface area contributed by atoms with Gasteiger partial charge in [0.05, 0.1) is 18.8 Å². The maximum absolute atomic E-state index is 10.9. The second kappa shape index (κ2) is 7.43. The van der Waals surface area contributed by atoms with Crippen molar-refractivity contribution < 1.29 is 9.53 Å². The van der Waals surface area contributed by atoms with Crippen molar-refractivity contribution in [3.8, 4) is 0 Å². The lowest BCUT2D eigenvalue weighted by Gasteiger charge is -2.26. The molecule has 19 heavy (non-hydrogen) atoms. The maximum atomic E-state index is 10.9. The molecule has 1 saturated heterocycles. The summed E-state index contributed by atoms with van der Waals surface area (Å²) in [6, 6.07) is 1.68. The molecule has 0 unspecified atom stereocenters. The third kappa shape index (κ3) is 4.45. The lowest BCUT2D eigenvalue weighted by atomic mass is 10.2. The van der Waals surface area contributed by atoms with E-state index in [1.165, 1.54) is 6.20 Å². The first-order valence-corrected chi connectivity index (χ1v) is 6.82. The molecule has 2 heterocycles. The summed E-state index contributed by atoms with van der Waals surface area (Å²) in [5, 5.41) is 3.62. The first-order chi connectivity index (χ1) is 9.29. The monoisotopic (exact) mass is 283 g/mol. The van der Waals surface area contributed by atoms with Gasteiger partial charge in [0.1, 0.15) is 5.15 Å². The number of aldehydes is 1. The van der Waals surface area contributed by atoms with Crippen molar-refractivity contribution in [2.75, 3.05) is 44.7 Å². The van der Waals surface area contributed by atoms with Crippen molar-refractivity contribution in [1.29, 1.82) is 0 Å². The Kier molecular flexibility index (Phi) is 5.57. The number of nitrogens with one attached hydrogen (secondary N) is 1. The second-order valence-electron chi connectivity index (χ2n) is 4.45. The van der Waals surface area contributed by atoms with Gasteiger partial charge < -0.3 is 10.1 Å². The van der Waals surface area contributed by atoms with E-state index in [-0.39, 0.29) is 0 Å². The Morgan fingerprint density at radius 1 is 1.47 bits per heavy atom. The third-order valence-electron chi connectivity index (χ3n) is 3.10. The van der Waals surface area contributed by atoms with Gasteiger partial charge in [0.25, 0.3) is 0 Å². The average Bonchev–Trinajstić information content (AvgIpc) is 2.45. The highest BCUT2D eigenvalue weighted by atomic mass is 35.5. The lowest BCUT2D eigenvalue weighted by Crippen LogP contribution is -2.37. The zero-order valence-electron chi connectivity index (χ0n) is 10.8. The van der Waals surface area contributed by atoms with E-state index in [4.69, 9.17) is 16.3 Å². The van der Waals surface area contributed by atoms with Crippen LogP contribution in [0.3, 0.4) is 0 Å². The molecule has 0 radical (unpaired) electrons. The fraction of sp³-hybridized carbons (Fsp3) is 0.538. The molecular weight excluding hydrogens is 266 g/mol. The van der Waals surface area contributed by atoms with E-state index in [9.17, 15) is 4.79 Å². The molecule has 0 aromatic carbocycles. The molecule has 6 heteroatoms. The number of anilines is 1. The molecule has 1 N–H and O–H groups in total. The summed E-state index contributed by atoms with van der Waals surface area (Å²) in [5.41, 5.74) is 1.28. The van der Waals surface area contributed by atoms with Gasteiger partial charge in [-0.1, -0.05) is 11.6 Å². The number of carbonyl (C=O) groups is 1. The average molecular weight is 284 g/mol. The van der Waals surface area contributed by atoms with Gasteiger partial charge in [-0.2, -0.15) is 0 Å². The Balaban J connectivity index is 1.75. The number of pyridine rings is 1. The predicted molar refractivity (Wildman–Crippen MR) is 75.0 cm³/mol. The first kappa shape index (κ1) is 14.2. The van der Waals surface area contributed by atoms with Crippen molar-refractivity contribution in [2.24, 2.45) is 0 Å². The summed E-state index contributed by atoms with van der Waals surface area (Å²) in [6.07, 6.45) is 3.28. The van der Waals surface area contributed by atoms with Gasteiger partial charge in [-0.05, 0) is 19.0 Å². The van der Waals surface area contributed by atoms with Gasteiger partial charge in [-0.15, -0.1) is 0 Å². The van der Waals surface area contributed by atoms with Crippen molar-refractivity contribution in [1.82, 2.24) is 9.88 Å². The van der Waals surface area contributed by atoms with Crippen LogP contribution in [0.4, 0.5) is 5.69 Å². The molecule has 5 nitrogen and oxygen atoms in total. The molecular formula is C13H18ClN3O2. The molecule has 1 aliphatic rings. The van der Waals surface area contributed by atoms with Crippen LogP contribution in [-0.4, -0.2) is 55.6 Å². The van der Waals surface area contributed by atoms with Gasteiger partial charge in [-0.3, -0.25) is 9.69 Å². The van der Waals surface area contributed by atoms with Gasteiger partial charge in [-0.25, -0.2) is 4.98 Å². The number of nitrogens with zero attached hydrogens (tertiary/aromatic N) is 2. The van der Waals surface area contributed by atoms with Crippen LogP contribution < -0.4 is 5.32 Å². The summed E-state index contributed by atoms with van der Waals surface area (Å²) >= 11 is 5.82. The van der Waals surface area contributed by atoms with Crippen molar-refractivity contribution >= 4 is 23.6 Å². The van der Waals surface area contributed by atoms with E-state index < -0.39 is 0 Å². The smallest absolute Gasteiger partial charge is 0.153 e. The number of rotatable bonds is 6. The number of hydrogen-bond donors (Lipinski definition) is 1. The highest BCUT2D eigenvalue weighted by Crippen LogP contribution is 2.16. The molecule has 0 aliphatic carbocycles. The largest absolute Gasteiger partial charge is 0.384 e. The minimum atomic E-state index is 0.390. The van der Waals surface area contributed by atoms with Crippen LogP contribution in [-0.2, 0) is 4.74 Å². The topological polar surface area (TPSA) is 54.5 Å². The second-order valence-corrected chi connectivity index (χ2v) is 4.83. The molecule has 1 aliphatic heterocycles. The van der Waals surface area contributed by atoms with Crippen LogP contribution in [0, 0.1) is 0 Å². The normalized spacial score (nSPS) is 16.3. The molecule has 104 valence electrons. The number of ether oxygens (including phenoxy) is 1. The molecule has 0 atom stereocenters. The standard InChI is InChI=1S/C13H18ClN3O2/c14-13-8-12(11(10-18)9-16-13)15-2-1-3-17-4-6-19-7-5-17/h8-10H,1-7H2,(H,15,16). The molecule has 1 fully saturated rings. The Hall–Kier alpha value is -1.17. The number of carbonyl (C=O) groups excluding carboxylic acids is 1. The zero-order chi connectivity index (χ0) is 13.5. The van der Waals surface area contributed by atoms with E-state index in [1.807, 2.05) is 0 Å². The van der Waals surface area contributed by atoms with E-state index in [0.29, 0.717) is 10.7 Å². The van der Waals surface area contributed by atoms with Crippen molar-refractivity contribution in [2.45, 2.75) is 6.42 Å². The van der Waals surface area contributed by atoms with Gasteiger partial charge in [0.2, 0.25) is 0 Å². The highest BCUT2D eigenvalue weighted by molar-refractivity contribution is 6.29. The fourth-order valence-electron chi connectivity index (χ4n) is 2.04. The van der Waals surface area contributed by atoms with Gasteiger partial charge >= 0.3 is 0 Å². The summed E-state index contributed by atoms with van der Waals surface area (Å²) in [6.45, 7) is 5.48. The van der Waals surface area contributed by atoms with E-state index in [0.717, 1.165) is 57.8 Å². The lowest BCUT2D eigenvalue weighted by molar-refractivity contribution is 0.0378. The Labute approximate surface area is 117 Å².